The molecule has 0 aromatic rings. The highest BCUT2D eigenvalue weighted by Gasteiger charge is 2.24. The highest BCUT2D eigenvalue weighted by molar-refractivity contribution is 5.20. The van der Waals surface area contributed by atoms with Gasteiger partial charge in [-0.25, -0.2) is 0 Å². The molecular formula is C15H26N4. The molecule has 0 amide bonds. The van der Waals surface area contributed by atoms with Gasteiger partial charge in [-0.1, -0.05) is 12.8 Å². The first-order chi connectivity index (χ1) is 9.35. The van der Waals surface area contributed by atoms with Gasteiger partial charge in [0.1, 0.15) is 0 Å². The van der Waals surface area contributed by atoms with Crippen molar-refractivity contribution in [3.63, 3.8) is 0 Å². The second kappa shape index (κ2) is 5.87. The summed E-state index contributed by atoms with van der Waals surface area (Å²) in [6.07, 6.45) is 13.4. The molecule has 4 heteroatoms. The molecule has 106 valence electrons. The average Bonchev–Trinajstić information content (AvgIpc) is 3.09. The highest BCUT2D eigenvalue weighted by Crippen LogP contribution is 2.26. The van der Waals surface area contributed by atoms with E-state index >= 15 is 0 Å². The van der Waals surface area contributed by atoms with Gasteiger partial charge in [0.05, 0.1) is 5.70 Å². The van der Waals surface area contributed by atoms with Crippen LogP contribution in [0.15, 0.2) is 24.2 Å². The molecule has 1 saturated carbocycles. The maximum atomic E-state index is 3.38. The van der Waals surface area contributed by atoms with Crippen molar-refractivity contribution in [3.8, 4) is 0 Å². The van der Waals surface area contributed by atoms with Gasteiger partial charge in [-0.05, 0) is 38.3 Å². The number of hydrogen-bond acceptors (Lipinski definition) is 4. The fraction of sp³-hybridized carbons (Fsp3) is 0.733. The summed E-state index contributed by atoms with van der Waals surface area (Å²) < 4.78 is 0. The Morgan fingerprint density at radius 1 is 1.32 bits per heavy atom. The van der Waals surface area contributed by atoms with Crippen molar-refractivity contribution < 1.29 is 0 Å². The van der Waals surface area contributed by atoms with Crippen molar-refractivity contribution in [1.29, 1.82) is 0 Å². The number of hydrazine groups is 1. The van der Waals surface area contributed by atoms with Crippen molar-refractivity contribution in [2.45, 2.75) is 38.1 Å². The molecule has 0 spiro atoms. The Kier molecular flexibility index (Phi) is 3.97. The van der Waals surface area contributed by atoms with Crippen LogP contribution in [0.3, 0.4) is 0 Å². The lowest BCUT2D eigenvalue weighted by Crippen LogP contribution is -2.37. The molecular weight excluding hydrogens is 236 g/mol. The van der Waals surface area contributed by atoms with Crippen molar-refractivity contribution in [1.82, 2.24) is 20.7 Å². The van der Waals surface area contributed by atoms with Gasteiger partial charge in [-0.2, -0.15) is 0 Å². The Labute approximate surface area is 116 Å². The van der Waals surface area contributed by atoms with Crippen LogP contribution >= 0.6 is 0 Å². The van der Waals surface area contributed by atoms with Crippen LogP contribution in [-0.2, 0) is 0 Å². The van der Waals surface area contributed by atoms with Gasteiger partial charge in [0.25, 0.3) is 0 Å². The van der Waals surface area contributed by atoms with Crippen LogP contribution in [-0.4, -0.2) is 42.6 Å². The van der Waals surface area contributed by atoms with Gasteiger partial charge in [-0.3, -0.25) is 5.01 Å². The third kappa shape index (κ3) is 3.06. The molecule has 2 fully saturated rings. The Morgan fingerprint density at radius 3 is 2.89 bits per heavy atom. The molecule has 4 nitrogen and oxygen atoms in total. The predicted molar refractivity (Wildman–Crippen MR) is 78.1 cm³/mol. The summed E-state index contributed by atoms with van der Waals surface area (Å²) in [6, 6.07) is 0.646. The molecule has 1 aliphatic carbocycles. The largest absolute Gasteiger partial charge is 0.369 e. The highest BCUT2D eigenvalue weighted by atomic mass is 15.5. The van der Waals surface area contributed by atoms with Crippen molar-refractivity contribution in [3.05, 3.63) is 24.2 Å². The summed E-state index contributed by atoms with van der Waals surface area (Å²) >= 11 is 0. The third-order valence-corrected chi connectivity index (χ3v) is 4.67. The Balaban J connectivity index is 1.58. The molecule has 19 heavy (non-hydrogen) atoms. The predicted octanol–water partition coefficient (Wildman–Crippen LogP) is 1.65. The number of likely N-dealkylation sites (tertiary alicyclic amines) is 1. The Hall–Kier alpha value is -1.16. The monoisotopic (exact) mass is 262 g/mol. The van der Waals surface area contributed by atoms with E-state index in [4.69, 9.17) is 0 Å². The first kappa shape index (κ1) is 12.9. The number of nitrogens with one attached hydrogen (secondary N) is 2. The van der Waals surface area contributed by atoms with E-state index in [-0.39, 0.29) is 0 Å². The molecule has 1 atom stereocenters. The van der Waals surface area contributed by atoms with Gasteiger partial charge < -0.3 is 15.6 Å². The zero-order valence-electron chi connectivity index (χ0n) is 11.9. The standard InChI is InChI=1S/C15H26N4/c1-16-14-7-9-18(11-14)15-6-8-17-19(12-15)10-13-4-2-3-5-13/h6,8,12-14,16-17H,2-5,7,9-11H2,1H3/t14-/m0/s1. The first-order valence-electron chi connectivity index (χ1n) is 7.68. The van der Waals surface area contributed by atoms with Gasteiger partial charge >= 0.3 is 0 Å². The minimum Gasteiger partial charge on any atom is -0.369 e. The summed E-state index contributed by atoms with van der Waals surface area (Å²) in [6.45, 7) is 3.44. The van der Waals surface area contributed by atoms with E-state index in [1.807, 2.05) is 0 Å². The fourth-order valence-electron chi connectivity index (χ4n) is 3.45. The molecule has 2 aliphatic heterocycles. The van der Waals surface area contributed by atoms with Crippen LogP contribution in [0.25, 0.3) is 0 Å². The SMILES string of the molecule is CN[C@H]1CCN(C2=CN(CC3CCCC3)NC=C2)C1. The fourth-order valence-corrected chi connectivity index (χ4v) is 3.45. The molecule has 0 aromatic carbocycles. The maximum absolute atomic E-state index is 3.38. The normalized spacial score (nSPS) is 27.8. The van der Waals surface area contributed by atoms with E-state index in [9.17, 15) is 0 Å². The molecule has 0 bridgehead atoms. The molecule has 3 aliphatic rings. The lowest BCUT2D eigenvalue weighted by molar-refractivity contribution is 0.249. The average molecular weight is 262 g/mol. The first-order valence-corrected chi connectivity index (χ1v) is 7.68. The van der Waals surface area contributed by atoms with Crippen LogP contribution in [0, 0.1) is 5.92 Å². The zero-order chi connectivity index (χ0) is 13.1. The summed E-state index contributed by atoms with van der Waals surface area (Å²) in [5.41, 5.74) is 4.71. The van der Waals surface area contributed by atoms with Gasteiger partial charge in [0.15, 0.2) is 0 Å². The van der Waals surface area contributed by atoms with E-state index < -0.39 is 0 Å². The maximum Gasteiger partial charge on any atom is 0.0563 e. The number of likely N-dealkylation sites (N-methyl/N-ethyl adjacent to an activating group) is 1. The lowest BCUT2D eigenvalue weighted by atomic mass is 10.1. The summed E-state index contributed by atoms with van der Waals surface area (Å²) in [4.78, 5) is 2.49. The van der Waals surface area contributed by atoms with E-state index in [2.05, 4.69) is 46.2 Å². The Bertz CT molecular complexity index is 357. The second-order valence-electron chi connectivity index (χ2n) is 6.04. The molecule has 1 saturated heterocycles. The molecule has 0 aromatic heterocycles. The van der Waals surface area contributed by atoms with Crippen LogP contribution in [0.2, 0.25) is 0 Å². The Morgan fingerprint density at radius 2 is 2.16 bits per heavy atom. The van der Waals surface area contributed by atoms with Crippen LogP contribution in [0.1, 0.15) is 32.1 Å². The molecule has 0 unspecified atom stereocenters. The minimum absolute atomic E-state index is 0.646. The van der Waals surface area contributed by atoms with E-state index in [0.29, 0.717) is 6.04 Å². The van der Waals surface area contributed by atoms with Crippen LogP contribution < -0.4 is 10.7 Å². The van der Waals surface area contributed by atoms with Crippen molar-refractivity contribution >= 4 is 0 Å². The lowest BCUT2D eigenvalue weighted by Gasteiger charge is -2.30. The van der Waals surface area contributed by atoms with E-state index in [0.717, 1.165) is 19.0 Å². The van der Waals surface area contributed by atoms with Crippen molar-refractivity contribution in [2.75, 3.05) is 26.7 Å². The van der Waals surface area contributed by atoms with Gasteiger partial charge in [-0.15, -0.1) is 0 Å². The number of rotatable bonds is 4. The van der Waals surface area contributed by atoms with Gasteiger partial charge in [0.2, 0.25) is 0 Å². The molecule has 0 radical (unpaired) electrons. The second-order valence-corrected chi connectivity index (χ2v) is 6.04. The molecule has 2 heterocycles. The topological polar surface area (TPSA) is 30.5 Å². The van der Waals surface area contributed by atoms with E-state index in [1.54, 1.807) is 0 Å². The van der Waals surface area contributed by atoms with Gasteiger partial charge in [0, 0.05) is 38.1 Å². The molecule has 3 rings (SSSR count). The molecule has 2 N–H and O–H groups in total. The quantitative estimate of drug-likeness (QED) is 0.806. The van der Waals surface area contributed by atoms with Crippen LogP contribution in [0.4, 0.5) is 0 Å². The summed E-state index contributed by atoms with van der Waals surface area (Å²) in [5, 5.41) is 5.66. The number of allylic oxidation sites excluding steroid dienone is 1. The van der Waals surface area contributed by atoms with Crippen LogP contribution in [0.5, 0.6) is 0 Å². The van der Waals surface area contributed by atoms with E-state index in [1.165, 1.54) is 44.3 Å². The summed E-state index contributed by atoms with van der Waals surface area (Å²) in [5.74, 6) is 0.875. The minimum atomic E-state index is 0.646. The zero-order valence-corrected chi connectivity index (χ0v) is 11.9. The smallest absolute Gasteiger partial charge is 0.0563 e. The third-order valence-electron chi connectivity index (χ3n) is 4.67. The number of hydrogen-bond donors (Lipinski definition) is 2. The summed E-state index contributed by atoms with van der Waals surface area (Å²) in [7, 11) is 2.06. The number of nitrogens with zero attached hydrogens (tertiary/aromatic N) is 2. The van der Waals surface area contributed by atoms with Crippen molar-refractivity contribution in [2.24, 2.45) is 5.92 Å².